The highest BCUT2D eigenvalue weighted by atomic mass is 16.3. The van der Waals surface area contributed by atoms with Crippen molar-refractivity contribution in [3.05, 3.63) is 72.8 Å². The zero-order chi connectivity index (χ0) is 19.1. The lowest BCUT2D eigenvalue weighted by molar-refractivity contribution is 0.654. The second-order valence-corrected chi connectivity index (χ2v) is 6.51. The van der Waals surface area contributed by atoms with Crippen molar-refractivity contribution in [3.63, 3.8) is 0 Å². The number of para-hydroxylation sites is 1. The van der Waals surface area contributed by atoms with Crippen molar-refractivity contribution >= 4 is 50.9 Å². The molecule has 0 fully saturated rings. The van der Waals surface area contributed by atoms with Crippen LogP contribution in [-0.4, -0.2) is 16.2 Å². The Hall–Kier alpha value is -3.79. The Morgan fingerprint density at radius 2 is 1.68 bits per heavy atom. The van der Waals surface area contributed by atoms with Crippen LogP contribution in [0.3, 0.4) is 0 Å². The summed E-state index contributed by atoms with van der Waals surface area (Å²) in [5, 5.41) is 3.10. The van der Waals surface area contributed by atoms with E-state index in [0.29, 0.717) is 5.71 Å². The van der Waals surface area contributed by atoms with E-state index in [0.717, 1.165) is 49.9 Å². The molecule has 0 aliphatic carbocycles. The van der Waals surface area contributed by atoms with Gasteiger partial charge in [-0.1, -0.05) is 49.1 Å². The molecule has 134 valence electrons. The molecule has 28 heavy (non-hydrogen) atoms. The first-order chi connectivity index (χ1) is 13.8. The summed E-state index contributed by atoms with van der Waals surface area (Å²) < 4.78 is 5.93. The van der Waals surface area contributed by atoms with E-state index in [9.17, 15) is 0 Å². The van der Waals surface area contributed by atoms with E-state index in [-0.39, 0.29) is 0 Å². The van der Waals surface area contributed by atoms with E-state index in [2.05, 4.69) is 11.6 Å². The normalized spacial score (nSPS) is 11.8. The third-order valence-corrected chi connectivity index (χ3v) is 4.85. The van der Waals surface area contributed by atoms with Crippen LogP contribution in [0.2, 0.25) is 0 Å². The van der Waals surface area contributed by atoms with Crippen LogP contribution in [0.1, 0.15) is 12.5 Å². The van der Waals surface area contributed by atoms with Crippen LogP contribution >= 0.6 is 0 Å². The Morgan fingerprint density at radius 3 is 2.54 bits per heavy atom. The van der Waals surface area contributed by atoms with Gasteiger partial charge in [0, 0.05) is 27.9 Å². The molecule has 0 bridgehead atoms. The van der Waals surface area contributed by atoms with Crippen molar-refractivity contribution in [2.75, 3.05) is 0 Å². The number of hydrogen-bond acceptors (Lipinski definition) is 4. The highest BCUT2D eigenvalue weighted by molar-refractivity contribution is 6.04. The Bertz CT molecular complexity index is 1400. The highest BCUT2D eigenvalue weighted by Crippen LogP contribution is 2.33. The maximum atomic E-state index is 5.93. The number of pyridine rings is 2. The molecular formula is C24H17N3O. The lowest BCUT2D eigenvalue weighted by atomic mass is 10.1. The Labute approximate surface area is 161 Å². The number of furan rings is 1. The van der Waals surface area contributed by atoms with Gasteiger partial charge in [0.2, 0.25) is 5.71 Å². The number of hydrogen-bond donors (Lipinski definition) is 0. The molecule has 0 spiro atoms. The Morgan fingerprint density at radius 1 is 0.893 bits per heavy atom. The molecule has 0 radical (unpaired) electrons. The summed E-state index contributed by atoms with van der Waals surface area (Å²) in [5.74, 6) is 0. The van der Waals surface area contributed by atoms with Crippen LogP contribution in [-0.2, 0) is 0 Å². The zero-order valence-electron chi connectivity index (χ0n) is 15.4. The molecule has 5 aromatic rings. The second-order valence-electron chi connectivity index (χ2n) is 6.51. The maximum Gasteiger partial charge on any atom is 0.227 e. The Kier molecular flexibility index (Phi) is 3.76. The van der Waals surface area contributed by atoms with Crippen molar-refractivity contribution in [2.24, 2.45) is 4.99 Å². The number of rotatable bonds is 3. The average molecular weight is 363 g/mol. The summed E-state index contributed by atoms with van der Waals surface area (Å²) in [6.07, 6.45) is 3.57. The first-order valence-electron chi connectivity index (χ1n) is 9.12. The fourth-order valence-corrected chi connectivity index (χ4v) is 3.51. The lowest BCUT2D eigenvalue weighted by Gasteiger charge is -2.08. The summed E-state index contributed by atoms with van der Waals surface area (Å²) in [7, 11) is 0. The highest BCUT2D eigenvalue weighted by Gasteiger charge is 2.12. The smallest absolute Gasteiger partial charge is 0.227 e. The molecule has 0 aliphatic rings. The minimum atomic E-state index is 0.618. The fourth-order valence-electron chi connectivity index (χ4n) is 3.51. The van der Waals surface area contributed by atoms with Crippen LogP contribution in [0, 0.1) is 0 Å². The number of aromatic nitrogens is 2. The molecule has 0 saturated carbocycles. The van der Waals surface area contributed by atoms with Gasteiger partial charge in [0.05, 0.1) is 22.6 Å². The van der Waals surface area contributed by atoms with E-state index >= 15 is 0 Å². The van der Waals surface area contributed by atoms with Crippen LogP contribution < -0.4 is 0 Å². The van der Waals surface area contributed by atoms with Crippen molar-refractivity contribution in [1.82, 2.24) is 9.97 Å². The molecule has 0 N–H and O–H groups in total. The van der Waals surface area contributed by atoms with E-state index in [4.69, 9.17) is 14.4 Å². The lowest BCUT2D eigenvalue weighted by Crippen LogP contribution is -1.90. The second kappa shape index (κ2) is 6.43. The van der Waals surface area contributed by atoms with Gasteiger partial charge in [0.1, 0.15) is 5.58 Å². The first-order valence-corrected chi connectivity index (χ1v) is 9.12. The molecule has 0 saturated heterocycles. The molecule has 5 rings (SSSR count). The van der Waals surface area contributed by atoms with E-state index in [1.807, 2.05) is 67.6 Å². The standard InChI is InChI=1S/C24H17N3O/c1-3-15-9-10-16-11-13-19(26-23(16)22(15)25-4-2)20-14-12-18-17-7-5-6-8-21(17)28-24(18)27-20/h3-14H,1H2,2H3/b25-4-. The van der Waals surface area contributed by atoms with E-state index in [1.54, 1.807) is 12.3 Å². The van der Waals surface area contributed by atoms with Crippen LogP contribution in [0.4, 0.5) is 5.69 Å². The molecule has 4 heteroatoms. The summed E-state index contributed by atoms with van der Waals surface area (Å²) >= 11 is 0. The number of fused-ring (bicyclic) bond motifs is 4. The average Bonchev–Trinajstić information content (AvgIpc) is 3.11. The van der Waals surface area contributed by atoms with Gasteiger partial charge in [-0.25, -0.2) is 9.97 Å². The predicted octanol–water partition coefficient (Wildman–Crippen LogP) is 6.56. The van der Waals surface area contributed by atoms with Crippen molar-refractivity contribution in [3.8, 4) is 11.4 Å². The number of nitrogens with zero attached hydrogens (tertiary/aromatic N) is 3. The number of benzene rings is 2. The zero-order valence-corrected chi connectivity index (χ0v) is 15.4. The fraction of sp³-hybridized carbons (Fsp3) is 0.0417. The maximum absolute atomic E-state index is 5.93. The van der Waals surface area contributed by atoms with Gasteiger partial charge in [0.25, 0.3) is 0 Å². The summed E-state index contributed by atoms with van der Waals surface area (Å²) in [5.41, 5.74) is 5.61. The molecule has 0 unspecified atom stereocenters. The van der Waals surface area contributed by atoms with Gasteiger partial charge in [0.15, 0.2) is 0 Å². The van der Waals surface area contributed by atoms with Gasteiger partial charge in [-0.2, -0.15) is 0 Å². The molecule has 3 aromatic heterocycles. The minimum absolute atomic E-state index is 0.618. The first kappa shape index (κ1) is 16.4. The largest absolute Gasteiger partial charge is 0.438 e. The van der Waals surface area contributed by atoms with E-state index in [1.165, 1.54) is 0 Å². The minimum Gasteiger partial charge on any atom is -0.438 e. The Balaban J connectivity index is 1.73. The summed E-state index contributed by atoms with van der Waals surface area (Å²) in [6.45, 7) is 5.79. The SMILES string of the molecule is C=Cc1ccc2ccc(-c3ccc4c(n3)oc3ccccc34)nc2c1/N=C\C. The molecule has 2 aromatic carbocycles. The molecule has 0 atom stereocenters. The monoisotopic (exact) mass is 363 g/mol. The topological polar surface area (TPSA) is 51.3 Å². The molecule has 0 amide bonds. The molecule has 4 nitrogen and oxygen atoms in total. The third kappa shape index (κ3) is 2.50. The summed E-state index contributed by atoms with van der Waals surface area (Å²) in [4.78, 5) is 14.1. The third-order valence-electron chi connectivity index (χ3n) is 4.85. The van der Waals surface area contributed by atoms with Crippen LogP contribution in [0.15, 0.2) is 76.7 Å². The van der Waals surface area contributed by atoms with Crippen molar-refractivity contribution < 1.29 is 4.42 Å². The number of aliphatic imine (C=N–C) groups is 1. The van der Waals surface area contributed by atoms with Gasteiger partial charge in [-0.3, -0.25) is 4.99 Å². The molecule has 3 heterocycles. The quantitative estimate of drug-likeness (QED) is 0.341. The van der Waals surface area contributed by atoms with Crippen molar-refractivity contribution in [1.29, 1.82) is 0 Å². The van der Waals surface area contributed by atoms with E-state index < -0.39 is 0 Å². The predicted molar refractivity (Wildman–Crippen MR) is 116 cm³/mol. The molecular weight excluding hydrogens is 346 g/mol. The van der Waals surface area contributed by atoms with Crippen LogP contribution in [0.5, 0.6) is 0 Å². The summed E-state index contributed by atoms with van der Waals surface area (Å²) in [6, 6.07) is 20.1. The molecule has 0 aliphatic heterocycles. The van der Waals surface area contributed by atoms with Gasteiger partial charge in [-0.15, -0.1) is 0 Å². The van der Waals surface area contributed by atoms with Crippen molar-refractivity contribution in [2.45, 2.75) is 6.92 Å². The van der Waals surface area contributed by atoms with Gasteiger partial charge in [-0.05, 0) is 31.2 Å². The van der Waals surface area contributed by atoms with Gasteiger partial charge >= 0.3 is 0 Å². The van der Waals surface area contributed by atoms with Gasteiger partial charge < -0.3 is 4.42 Å². The van der Waals surface area contributed by atoms with Crippen LogP contribution in [0.25, 0.3) is 50.4 Å².